The second-order valence-corrected chi connectivity index (χ2v) is 9.26. The van der Waals surface area contributed by atoms with Gasteiger partial charge in [0.15, 0.2) is 5.65 Å². The number of fused-ring (bicyclic) bond motifs is 3. The lowest BCUT2D eigenvalue weighted by molar-refractivity contribution is 0.331. The van der Waals surface area contributed by atoms with Gasteiger partial charge in [-0.15, -0.1) is 0 Å². The van der Waals surface area contributed by atoms with Gasteiger partial charge in [-0.05, 0) is 62.8 Å². The molecule has 7 heteroatoms. The normalized spacial score (nSPS) is 17.9. The van der Waals surface area contributed by atoms with Crippen molar-refractivity contribution in [1.29, 1.82) is 0 Å². The molecule has 0 amide bonds. The predicted molar refractivity (Wildman–Crippen MR) is 129 cm³/mol. The standard InChI is InChI=1S/C26H28N6O/c1-15-5-4-6-21-24(15)26(31-17(3)28-21)32-9-10-33-23-8-7-18(11-20(23)14-32)19-12-22-25(27-13-19)30-16(2)29-22/h7-8,11-13,15H,4-6,9-10,14H2,1-3H3,(H,27,29,30). The quantitative estimate of drug-likeness (QED) is 0.479. The van der Waals surface area contributed by atoms with E-state index in [2.05, 4.69) is 51.0 Å². The number of ether oxygens (including phenoxy) is 1. The molecular formula is C26H28N6O. The summed E-state index contributed by atoms with van der Waals surface area (Å²) in [6, 6.07) is 8.54. The summed E-state index contributed by atoms with van der Waals surface area (Å²) in [5.74, 6) is 4.24. The molecule has 6 rings (SSSR count). The van der Waals surface area contributed by atoms with Crippen LogP contribution in [0, 0.1) is 13.8 Å². The topological polar surface area (TPSA) is 79.8 Å². The van der Waals surface area contributed by atoms with Crippen molar-refractivity contribution in [3.63, 3.8) is 0 Å². The van der Waals surface area contributed by atoms with E-state index in [1.807, 2.05) is 20.0 Å². The number of nitrogens with one attached hydrogen (secondary N) is 1. The number of H-pyrrole nitrogens is 1. The van der Waals surface area contributed by atoms with Crippen LogP contribution in [-0.4, -0.2) is 38.1 Å². The van der Waals surface area contributed by atoms with Gasteiger partial charge in [-0.25, -0.2) is 19.9 Å². The van der Waals surface area contributed by atoms with E-state index < -0.39 is 0 Å². The number of hydrogen-bond acceptors (Lipinski definition) is 6. The summed E-state index contributed by atoms with van der Waals surface area (Å²) in [6.45, 7) is 8.46. The van der Waals surface area contributed by atoms with Crippen molar-refractivity contribution < 1.29 is 4.74 Å². The molecule has 33 heavy (non-hydrogen) atoms. The molecule has 0 spiro atoms. The van der Waals surface area contributed by atoms with E-state index in [4.69, 9.17) is 14.7 Å². The summed E-state index contributed by atoms with van der Waals surface area (Å²) in [7, 11) is 0. The molecule has 0 bridgehead atoms. The Labute approximate surface area is 193 Å². The lowest BCUT2D eigenvalue weighted by Crippen LogP contribution is -2.29. The molecular weight excluding hydrogens is 412 g/mol. The first-order valence-electron chi connectivity index (χ1n) is 11.8. The van der Waals surface area contributed by atoms with Crippen LogP contribution in [0.1, 0.15) is 54.2 Å². The highest BCUT2D eigenvalue weighted by Crippen LogP contribution is 2.38. The largest absolute Gasteiger partial charge is 0.491 e. The first-order valence-corrected chi connectivity index (χ1v) is 11.8. The van der Waals surface area contributed by atoms with Crippen LogP contribution in [0.2, 0.25) is 0 Å². The summed E-state index contributed by atoms with van der Waals surface area (Å²) in [5, 5.41) is 0. The van der Waals surface area contributed by atoms with E-state index in [0.717, 1.165) is 65.0 Å². The van der Waals surface area contributed by atoms with Gasteiger partial charge in [0.05, 0.1) is 12.1 Å². The molecule has 3 aromatic heterocycles. The molecule has 1 aromatic carbocycles. The van der Waals surface area contributed by atoms with E-state index in [-0.39, 0.29) is 0 Å². The van der Waals surface area contributed by atoms with Gasteiger partial charge in [0.2, 0.25) is 0 Å². The lowest BCUT2D eigenvalue weighted by Gasteiger charge is -2.30. The second kappa shape index (κ2) is 7.83. The van der Waals surface area contributed by atoms with Crippen LogP contribution < -0.4 is 9.64 Å². The SMILES string of the molecule is Cc1nc2c(c(N3CCOc4ccc(-c5cnc6nc(C)[nH]c6c5)cc4C3)n1)C(C)CCC2. The van der Waals surface area contributed by atoms with Crippen molar-refractivity contribution in [2.45, 2.75) is 52.5 Å². The first kappa shape index (κ1) is 20.1. The number of pyridine rings is 1. The minimum Gasteiger partial charge on any atom is -0.491 e. The number of aryl methyl sites for hydroxylation is 3. The minimum atomic E-state index is 0.481. The zero-order chi connectivity index (χ0) is 22.5. The molecule has 168 valence electrons. The number of imidazole rings is 1. The average molecular weight is 441 g/mol. The Kier molecular flexibility index (Phi) is 4.78. The maximum Gasteiger partial charge on any atom is 0.177 e. The van der Waals surface area contributed by atoms with Crippen LogP contribution in [-0.2, 0) is 13.0 Å². The molecule has 4 aromatic rings. The predicted octanol–water partition coefficient (Wildman–Crippen LogP) is 4.87. The maximum absolute atomic E-state index is 6.15. The Bertz CT molecular complexity index is 1360. The number of anilines is 1. The van der Waals surface area contributed by atoms with Gasteiger partial charge in [-0.1, -0.05) is 13.0 Å². The Morgan fingerprint density at radius 3 is 2.91 bits per heavy atom. The summed E-state index contributed by atoms with van der Waals surface area (Å²) < 4.78 is 6.15. The fourth-order valence-electron chi connectivity index (χ4n) is 5.21. The fraction of sp³-hybridized carbons (Fsp3) is 0.385. The third kappa shape index (κ3) is 3.61. The number of hydrogen-bond donors (Lipinski definition) is 1. The van der Waals surface area contributed by atoms with Crippen molar-refractivity contribution >= 4 is 17.0 Å². The van der Waals surface area contributed by atoms with E-state index in [0.29, 0.717) is 12.5 Å². The van der Waals surface area contributed by atoms with Crippen molar-refractivity contribution in [2.24, 2.45) is 0 Å². The van der Waals surface area contributed by atoms with Crippen LogP contribution in [0.5, 0.6) is 5.75 Å². The number of aromatic nitrogens is 5. The van der Waals surface area contributed by atoms with Gasteiger partial charge in [0, 0.05) is 35.1 Å². The van der Waals surface area contributed by atoms with Crippen LogP contribution in [0.4, 0.5) is 5.82 Å². The van der Waals surface area contributed by atoms with Crippen molar-refractivity contribution in [2.75, 3.05) is 18.1 Å². The molecule has 7 nitrogen and oxygen atoms in total. The summed E-state index contributed by atoms with van der Waals surface area (Å²) >= 11 is 0. The van der Waals surface area contributed by atoms with Gasteiger partial charge in [-0.2, -0.15) is 0 Å². The molecule has 1 aliphatic heterocycles. The molecule has 0 saturated carbocycles. The maximum atomic E-state index is 6.15. The van der Waals surface area contributed by atoms with E-state index in [1.165, 1.54) is 29.7 Å². The number of nitrogens with zero attached hydrogens (tertiary/aromatic N) is 5. The summed E-state index contributed by atoms with van der Waals surface area (Å²) in [6.07, 6.45) is 5.34. The Morgan fingerprint density at radius 1 is 1.09 bits per heavy atom. The second-order valence-electron chi connectivity index (χ2n) is 9.26. The first-order chi connectivity index (χ1) is 16.0. The number of aromatic amines is 1. The molecule has 1 unspecified atom stereocenters. The Balaban J connectivity index is 1.39. The van der Waals surface area contributed by atoms with Gasteiger partial charge < -0.3 is 14.6 Å². The molecule has 0 radical (unpaired) electrons. The third-order valence-corrected chi connectivity index (χ3v) is 6.79. The summed E-state index contributed by atoms with van der Waals surface area (Å²) in [4.78, 5) is 24.3. The molecule has 1 aliphatic carbocycles. The van der Waals surface area contributed by atoms with E-state index >= 15 is 0 Å². The fourth-order valence-corrected chi connectivity index (χ4v) is 5.21. The highest BCUT2D eigenvalue weighted by Gasteiger charge is 2.27. The van der Waals surface area contributed by atoms with Crippen LogP contribution in [0.3, 0.4) is 0 Å². The van der Waals surface area contributed by atoms with Gasteiger partial charge in [0.1, 0.15) is 29.8 Å². The van der Waals surface area contributed by atoms with Crippen LogP contribution in [0.25, 0.3) is 22.3 Å². The number of benzene rings is 1. The zero-order valence-electron chi connectivity index (χ0n) is 19.4. The molecule has 1 N–H and O–H groups in total. The smallest absolute Gasteiger partial charge is 0.177 e. The van der Waals surface area contributed by atoms with Crippen molar-refractivity contribution in [3.8, 4) is 16.9 Å². The summed E-state index contributed by atoms with van der Waals surface area (Å²) in [5.41, 5.74) is 7.61. The van der Waals surface area contributed by atoms with Gasteiger partial charge in [0.25, 0.3) is 0 Å². The monoisotopic (exact) mass is 440 g/mol. The molecule has 0 fully saturated rings. The molecule has 0 saturated heterocycles. The molecule has 4 heterocycles. The lowest BCUT2D eigenvalue weighted by atomic mass is 9.86. The zero-order valence-corrected chi connectivity index (χ0v) is 19.4. The van der Waals surface area contributed by atoms with Gasteiger partial charge >= 0.3 is 0 Å². The van der Waals surface area contributed by atoms with E-state index in [9.17, 15) is 0 Å². The highest BCUT2D eigenvalue weighted by molar-refractivity contribution is 5.78. The van der Waals surface area contributed by atoms with Crippen LogP contribution >= 0.6 is 0 Å². The van der Waals surface area contributed by atoms with E-state index in [1.54, 1.807) is 0 Å². The van der Waals surface area contributed by atoms with Gasteiger partial charge in [-0.3, -0.25) is 0 Å². The minimum absolute atomic E-state index is 0.481. The van der Waals surface area contributed by atoms with Crippen LogP contribution in [0.15, 0.2) is 30.5 Å². The van der Waals surface area contributed by atoms with Crippen molar-refractivity contribution in [1.82, 2.24) is 24.9 Å². The van der Waals surface area contributed by atoms with Crippen molar-refractivity contribution in [3.05, 3.63) is 58.9 Å². The highest BCUT2D eigenvalue weighted by atomic mass is 16.5. The molecule has 1 atom stereocenters. The Hall–Kier alpha value is -3.48. The Morgan fingerprint density at radius 2 is 2.00 bits per heavy atom. The molecule has 2 aliphatic rings. The average Bonchev–Trinajstić information content (AvgIpc) is 3.04. The third-order valence-electron chi connectivity index (χ3n) is 6.79. The number of rotatable bonds is 2.